The van der Waals surface area contributed by atoms with Gasteiger partial charge in [0.25, 0.3) is 11.5 Å². The van der Waals surface area contributed by atoms with E-state index in [1.807, 2.05) is 19.1 Å². The Hall–Kier alpha value is -2.23. The van der Waals surface area contributed by atoms with Crippen molar-refractivity contribution in [2.45, 2.75) is 39.5 Å². The highest BCUT2D eigenvalue weighted by molar-refractivity contribution is 8.26. The van der Waals surface area contributed by atoms with E-state index in [2.05, 4.69) is 17.2 Å². The fourth-order valence-electron chi connectivity index (χ4n) is 3.30. The van der Waals surface area contributed by atoms with Crippen LogP contribution < -0.4 is 10.9 Å². The van der Waals surface area contributed by atoms with Gasteiger partial charge in [-0.25, -0.2) is 4.98 Å². The number of ether oxygens (including phenoxy) is 1. The van der Waals surface area contributed by atoms with Crippen LogP contribution in [-0.4, -0.2) is 51.3 Å². The van der Waals surface area contributed by atoms with Crippen LogP contribution >= 0.6 is 24.0 Å². The highest BCUT2D eigenvalue weighted by Gasteiger charge is 2.32. The zero-order chi connectivity index (χ0) is 22.4. The van der Waals surface area contributed by atoms with Crippen LogP contribution in [0.4, 0.5) is 5.82 Å². The molecule has 1 amide bonds. The number of thiocarbonyl (C=S) groups is 1. The van der Waals surface area contributed by atoms with Crippen molar-refractivity contribution in [3.8, 4) is 0 Å². The zero-order valence-electron chi connectivity index (χ0n) is 18.1. The predicted octanol–water partition coefficient (Wildman–Crippen LogP) is 3.84. The van der Waals surface area contributed by atoms with Crippen LogP contribution in [0.5, 0.6) is 0 Å². The van der Waals surface area contributed by atoms with E-state index in [9.17, 15) is 9.59 Å². The maximum atomic E-state index is 13.3. The molecule has 0 radical (unpaired) electrons. The van der Waals surface area contributed by atoms with E-state index in [0.29, 0.717) is 52.4 Å². The fraction of sp³-hybridized carbons (Fsp3) is 0.455. The molecule has 9 heteroatoms. The average molecular weight is 461 g/mol. The summed E-state index contributed by atoms with van der Waals surface area (Å²) in [6, 6.07) is 3.75. The van der Waals surface area contributed by atoms with Gasteiger partial charge in [-0.1, -0.05) is 49.8 Å². The number of nitrogens with one attached hydrogen (secondary N) is 1. The molecule has 1 aliphatic rings. The van der Waals surface area contributed by atoms with E-state index in [1.165, 1.54) is 16.2 Å². The Morgan fingerprint density at radius 3 is 2.81 bits per heavy atom. The second-order valence-corrected chi connectivity index (χ2v) is 9.10. The van der Waals surface area contributed by atoms with Crippen LogP contribution in [0.15, 0.2) is 28.0 Å². The number of amides is 1. The van der Waals surface area contributed by atoms with Crippen molar-refractivity contribution >= 4 is 51.7 Å². The first-order chi connectivity index (χ1) is 15.0. The van der Waals surface area contributed by atoms with Gasteiger partial charge in [0.15, 0.2) is 0 Å². The minimum atomic E-state index is -0.212. The molecule has 1 N–H and O–H groups in total. The van der Waals surface area contributed by atoms with Crippen LogP contribution in [0.25, 0.3) is 11.7 Å². The summed E-state index contributed by atoms with van der Waals surface area (Å²) in [5.74, 6) is 0.311. The number of pyridine rings is 1. The highest BCUT2D eigenvalue weighted by atomic mass is 32.2. The molecule has 0 aliphatic carbocycles. The lowest BCUT2D eigenvalue weighted by atomic mass is 10.2. The minimum absolute atomic E-state index is 0.184. The van der Waals surface area contributed by atoms with Gasteiger partial charge < -0.3 is 10.1 Å². The topological polar surface area (TPSA) is 75.9 Å². The molecule has 3 heterocycles. The van der Waals surface area contributed by atoms with Crippen molar-refractivity contribution in [2.24, 2.45) is 0 Å². The molecule has 3 rings (SSSR count). The number of unbranched alkanes of at least 4 members (excludes halogenated alkanes) is 2. The molecule has 0 atom stereocenters. The van der Waals surface area contributed by atoms with E-state index in [4.69, 9.17) is 17.0 Å². The van der Waals surface area contributed by atoms with Gasteiger partial charge in [-0.15, -0.1) is 0 Å². The van der Waals surface area contributed by atoms with Crippen LogP contribution in [0.1, 0.15) is 43.7 Å². The number of carbonyl (C=O) groups excluding carboxylic acids is 1. The molecule has 0 bridgehead atoms. The number of carbonyl (C=O) groups is 1. The monoisotopic (exact) mass is 460 g/mol. The summed E-state index contributed by atoms with van der Waals surface area (Å²) in [7, 11) is 1.63. The molecule has 2 aromatic rings. The number of hydrogen-bond acceptors (Lipinski definition) is 7. The summed E-state index contributed by atoms with van der Waals surface area (Å²) in [6.07, 6.45) is 7.26. The highest BCUT2D eigenvalue weighted by Crippen LogP contribution is 2.33. The molecule has 0 unspecified atom stereocenters. The van der Waals surface area contributed by atoms with E-state index in [-0.39, 0.29) is 11.5 Å². The van der Waals surface area contributed by atoms with Gasteiger partial charge in [0, 0.05) is 33.0 Å². The number of hydrogen-bond donors (Lipinski definition) is 1. The Bertz CT molecular complexity index is 1060. The first-order valence-electron chi connectivity index (χ1n) is 10.5. The molecule has 31 heavy (non-hydrogen) atoms. The SMILES string of the molecule is CCCCCNc1nc2ccc(C)cn2c(=O)c1C=C1SC(=S)N(CCCOC)C1=O. The molecular formula is C22H28N4O3S2. The smallest absolute Gasteiger partial charge is 0.267 e. The second kappa shape index (κ2) is 10.9. The van der Waals surface area contributed by atoms with Gasteiger partial charge in [-0.3, -0.25) is 18.9 Å². The first kappa shape index (κ1) is 23.4. The van der Waals surface area contributed by atoms with Crippen LogP contribution in [0.3, 0.4) is 0 Å². The molecule has 0 saturated carbocycles. The second-order valence-electron chi connectivity index (χ2n) is 7.43. The Morgan fingerprint density at radius 1 is 1.26 bits per heavy atom. The van der Waals surface area contributed by atoms with E-state index < -0.39 is 0 Å². The van der Waals surface area contributed by atoms with Crippen molar-refractivity contribution in [1.82, 2.24) is 14.3 Å². The van der Waals surface area contributed by atoms with Gasteiger partial charge in [0.1, 0.15) is 15.8 Å². The van der Waals surface area contributed by atoms with Gasteiger partial charge in [-0.2, -0.15) is 0 Å². The summed E-state index contributed by atoms with van der Waals surface area (Å²) in [4.78, 5) is 32.9. The van der Waals surface area contributed by atoms with Crippen molar-refractivity contribution in [1.29, 1.82) is 0 Å². The summed E-state index contributed by atoms with van der Waals surface area (Å²) < 4.78 is 7.09. The number of nitrogens with zero attached hydrogens (tertiary/aromatic N) is 3. The molecule has 0 spiro atoms. The quantitative estimate of drug-likeness (QED) is 0.328. The molecule has 7 nitrogen and oxygen atoms in total. The standard InChI is InChI=1S/C22H28N4O3S2/c1-4-5-6-10-23-19-16(20(27)26-14-15(2)8-9-18(26)24-19)13-17-21(28)25(22(30)31-17)11-7-12-29-3/h8-9,13-14,23H,4-7,10-12H2,1-3H3. The summed E-state index contributed by atoms with van der Waals surface area (Å²) in [5.41, 5.74) is 1.68. The summed E-state index contributed by atoms with van der Waals surface area (Å²) in [6.45, 7) is 5.82. The number of fused-ring (bicyclic) bond motifs is 1. The van der Waals surface area contributed by atoms with Gasteiger partial charge in [0.2, 0.25) is 0 Å². The first-order valence-corrected chi connectivity index (χ1v) is 11.7. The Kier molecular flexibility index (Phi) is 8.22. The van der Waals surface area contributed by atoms with Gasteiger partial charge >= 0.3 is 0 Å². The van der Waals surface area contributed by atoms with Crippen LogP contribution in [-0.2, 0) is 9.53 Å². The largest absolute Gasteiger partial charge is 0.385 e. The normalized spacial score (nSPS) is 15.5. The van der Waals surface area contributed by atoms with Crippen molar-refractivity contribution < 1.29 is 9.53 Å². The van der Waals surface area contributed by atoms with E-state index in [0.717, 1.165) is 24.8 Å². The fourth-order valence-corrected chi connectivity index (χ4v) is 4.59. The molecule has 2 aromatic heterocycles. The third-order valence-electron chi connectivity index (χ3n) is 4.96. The van der Waals surface area contributed by atoms with Gasteiger partial charge in [0.05, 0.1) is 10.5 Å². The number of aryl methyl sites for hydroxylation is 1. The van der Waals surface area contributed by atoms with Crippen molar-refractivity contribution in [2.75, 3.05) is 32.1 Å². The molecule has 1 fully saturated rings. The molecule has 166 valence electrons. The summed E-state index contributed by atoms with van der Waals surface area (Å²) >= 11 is 6.61. The summed E-state index contributed by atoms with van der Waals surface area (Å²) in [5, 5.41) is 3.30. The van der Waals surface area contributed by atoms with Crippen LogP contribution in [0.2, 0.25) is 0 Å². The zero-order valence-corrected chi connectivity index (χ0v) is 19.8. The maximum Gasteiger partial charge on any atom is 0.267 e. The third-order valence-corrected chi connectivity index (χ3v) is 6.34. The molecule has 1 saturated heterocycles. The lowest BCUT2D eigenvalue weighted by molar-refractivity contribution is -0.122. The minimum Gasteiger partial charge on any atom is -0.385 e. The number of methoxy groups -OCH3 is 1. The lowest BCUT2D eigenvalue weighted by Gasteiger charge is -2.13. The average Bonchev–Trinajstić information content (AvgIpc) is 3.01. The number of anilines is 1. The molecule has 1 aliphatic heterocycles. The maximum absolute atomic E-state index is 13.3. The molecular weight excluding hydrogens is 432 g/mol. The third kappa shape index (κ3) is 5.53. The lowest BCUT2D eigenvalue weighted by Crippen LogP contribution is -2.29. The molecule has 0 aromatic carbocycles. The number of thioether (sulfide) groups is 1. The van der Waals surface area contributed by atoms with Gasteiger partial charge in [-0.05, 0) is 37.5 Å². The van der Waals surface area contributed by atoms with Crippen molar-refractivity contribution in [3.63, 3.8) is 0 Å². The Morgan fingerprint density at radius 2 is 2.06 bits per heavy atom. The number of rotatable bonds is 10. The predicted molar refractivity (Wildman–Crippen MR) is 131 cm³/mol. The van der Waals surface area contributed by atoms with Crippen LogP contribution in [0, 0.1) is 6.92 Å². The van der Waals surface area contributed by atoms with Crippen molar-refractivity contribution in [3.05, 3.63) is 44.7 Å². The number of aromatic nitrogens is 2. The Balaban J connectivity index is 1.99. The van der Waals surface area contributed by atoms with E-state index >= 15 is 0 Å². The Labute approximate surface area is 191 Å². The van der Waals surface area contributed by atoms with E-state index in [1.54, 1.807) is 24.3 Å².